The monoisotopic (exact) mass is 330 g/mol. The van der Waals surface area contributed by atoms with E-state index in [1.165, 1.54) is 6.39 Å². The Morgan fingerprint density at radius 2 is 2.25 bits per heavy atom. The lowest BCUT2D eigenvalue weighted by Crippen LogP contribution is -2.56. The number of aryl methyl sites for hydroxylation is 2. The number of oxazole rings is 1. The average Bonchev–Trinajstić information content (AvgIpc) is 3.00. The van der Waals surface area contributed by atoms with E-state index in [1.807, 2.05) is 25.1 Å². The number of carbonyl (C=O) groups excluding carboxylic acids is 1. The molecule has 1 amide bonds. The van der Waals surface area contributed by atoms with Gasteiger partial charge in [-0.25, -0.2) is 4.98 Å². The van der Waals surface area contributed by atoms with Gasteiger partial charge in [0.05, 0.1) is 25.5 Å². The smallest absolute Gasteiger partial charge is 0.291 e. The summed E-state index contributed by atoms with van der Waals surface area (Å²) >= 11 is 0. The van der Waals surface area contributed by atoms with E-state index in [0.717, 1.165) is 11.1 Å². The molecule has 1 atom stereocenters. The van der Waals surface area contributed by atoms with Gasteiger partial charge in [-0.2, -0.15) is 0 Å². The number of ether oxygens (including phenoxy) is 1. The first kappa shape index (κ1) is 16.7. The molecule has 0 spiro atoms. The summed E-state index contributed by atoms with van der Waals surface area (Å²) in [6.45, 7) is 4.78. The van der Waals surface area contributed by atoms with Crippen LogP contribution in [0.3, 0.4) is 0 Å². The van der Waals surface area contributed by atoms with Crippen molar-refractivity contribution in [2.45, 2.75) is 25.9 Å². The van der Waals surface area contributed by atoms with E-state index >= 15 is 0 Å². The first-order chi connectivity index (χ1) is 11.5. The Morgan fingerprint density at radius 3 is 2.92 bits per heavy atom. The Balaban J connectivity index is 1.79. The fraction of sp³-hybridized carbons (Fsp3) is 0.444. The van der Waals surface area contributed by atoms with Gasteiger partial charge in [0.25, 0.3) is 5.91 Å². The van der Waals surface area contributed by atoms with Crippen molar-refractivity contribution >= 4 is 5.91 Å². The van der Waals surface area contributed by atoms with E-state index in [2.05, 4.69) is 11.1 Å². The van der Waals surface area contributed by atoms with Gasteiger partial charge in [-0.15, -0.1) is 0 Å². The summed E-state index contributed by atoms with van der Waals surface area (Å²) < 4.78 is 11.1. The lowest BCUT2D eigenvalue weighted by molar-refractivity contribution is -0.123. The predicted molar refractivity (Wildman–Crippen MR) is 87.8 cm³/mol. The Kier molecular flexibility index (Phi) is 4.69. The molecule has 0 unspecified atom stereocenters. The highest BCUT2D eigenvalue weighted by Gasteiger charge is 2.39. The number of hydrogen-bond acceptors (Lipinski definition) is 5. The van der Waals surface area contributed by atoms with E-state index in [1.54, 1.807) is 11.8 Å². The van der Waals surface area contributed by atoms with E-state index in [0.29, 0.717) is 31.8 Å². The molecule has 1 fully saturated rings. The number of nitrogens with zero attached hydrogens (tertiary/aromatic N) is 2. The van der Waals surface area contributed by atoms with Gasteiger partial charge in [0.2, 0.25) is 5.76 Å². The molecule has 3 rings (SSSR count). The number of aliphatic hydroxyl groups excluding tert-OH is 1. The minimum absolute atomic E-state index is 0.153. The van der Waals surface area contributed by atoms with Crippen molar-refractivity contribution in [1.29, 1.82) is 0 Å². The number of hydrogen-bond donors (Lipinski definition) is 1. The second kappa shape index (κ2) is 6.75. The Morgan fingerprint density at radius 1 is 1.42 bits per heavy atom. The molecule has 1 aromatic heterocycles. The van der Waals surface area contributed by atoms with Crippen molar-refractivity contribution in [2.24, 2.45) is 0 Å². The highest BCUT2D eigenvalue weighted by atomic mass is 16.5. The van der Waals surface area contributed by atoms with Crippen LogP contribution in [0, 0.1) is 13.8 Å². The van der Waals surface area contributed by atoms with Crippen LogP contribution in [-0.4, -0.2) is 52.8 Å². The van der Waals surface area contributed by atoms with Crippen LogP contribution in [-0.2, 0) is 11.2 Å². The molecule has 6 heteroatoms. The highest BCUT2D eigenvalue weighted by Crippen LogP contribution is 2.25. The maximum absolute atomic E-state index is 12.6. The number of benzene rings is 1. The summed E-state index contributed by atoms with van der Waals surface area (Å²) in [4.78, 5) is 18.3. The molecule has 0 saturated carbocycles. The van der Waals surface area contributed by atoms with E-state index in [9.17, 15) is 9.90 Å². The highest BCUT2D eigenvalue weighted by molar-refractivity contribution is 5.92. The minimum atomic E-state index is -0.796. The number of aromatic nitrogens is 1. The second-order valence-electron chi connectivity index (χ2n) is 6.35. The molecular weight excluding hydrogens is 308 g/mol. The molecule has 1 N–H and O–H groups in total. The summed E-state index contributed by atoms with van der Waals surface area (Å²) in [6.07, 6.45) is 1.82. The average molecular weight is 330 g/mol. The standard InChI is InChI=1S/C18H22N2O4/c1-13-4-3-5-15(8-13)9-18(11-21)10-20(6-7-24-18)17(22)16-14(2)19-12-23-16/h3-5,8,12,21H,6-7,9-11H2,1-2H3/t18-/m1/s1. The first-order valence-corrected chi connectivity index (χ1v) is 8.03. The zero-order chi connectivity index (χ0) is 17.2. The van der Waals surface area contributed by atoms with Crippen LogP contribution in [0.1, 0.15) is 27.4 Å². The van der Waals surface area contributed by atoms with E-state index in [4.69, 9.17) is 9.15 Å². The molecule has 0 bridgehead atoms. The van der Waals surface area contributed by atoms with Gasteiger partial charge in [0.1, 0.15) is 5.60 Å². The molecule has 1 aromatic carbocycles. The largest absolute Gasteiger partial charge is 0.438 e. The minimum Gasteiger partial charge on any atom is -0.438 e. The zero-order valence-electron chi connectivity index (χ0n) is 14.0. The quantitative estimate of drug-likeness (QED) is 0.924. The summed E-state index contributed by atoms with van der Waals surface area (Å²) in [6, 6.07) is 8.09. The maximum Gasteiger partial charge on any atom is 0.291 e. The molecule has 1 aliphatic heterocycles. The van der Waals surface area contributed by atoms with Gasteiger partial charge in [0, 0.05) is 13.0 Å². The number of amides is 1. The Hall–Kier alpha value is -2.18. The fourth-order valence-electron chi connectivity index (χ4n) is 3.12. The maximum atomic E-state index is 12.6. The SMILES string of the molecule is Cc1cccc(C[C@]2(CO)CN(C(=O)c3ocnc3C)CCO2)c1. The van der Waals surface area contributed by atoms with Crippen molar-refractivity contribution in [2.75, 3.05) is 26.3 Å². The Labute approximate surface area is 141 Å². The number of rotatable bonds is 4. The third-order valence-corrected chi connectivity index (χ3v) is 4.37. The molecule has 2 heterocycles. The first-order valence-electron chi connectivity index (χ1n) is 8.03. The van der Waals surface area contributed by atoms with Crippen LogP contribution >= 0.6 is 0 Å². The molecule has 128 valence electrons. The van der Waals surface area contributed by atoms with Crippen molar-refractivity contribution in [3.63, 3.8) is 0 Å². The molecule has 1 aliphatic rings. The van der Waals surface area contributed by atoms with Crippen molar-refractivity contribution < 1.29 is 19.1 Å². The number of morpholine rings is 1. The van der Waals surface area contributed by atoms with Crippen LogP contribution < -0.4 is 0 Å². The van der Waals surface area contributed by atoms with Crippen LogP contribution in [0.15, 0.2) is 35.1 Å². The van der Waals surface area contributed by atoms with Gasteiger partial charge >= 0.3 is 0 Å². The van der Waals surface area contributed by atoms with E-state index in [-0.39, 0.29) is 18.3 Å². The number of aliphatic hydroxyl groups is 1. The molecule has 2 aromatic rings. The summed E-state index contributed by atoms with van der Waals surface area (Å²) in [5.74, 6) is 0.0367. The lowest BCUT2D eigenvalue weighted by atomic mass is 9.92. The topological polar surface area (TPSA) is 75.8 Å². The zero-order valence-corrected chi connectivity index (χ0v) is 14.0. The second-order valence-corrected chi connectivity index (χ2v) is 6.35. The molecule has 24 heavy (non-hydrogen) atoms. The molecule has 0 radical (unpaired) electrons. The number of carbonyl (C=O) groups is 1. The van der Waals surface area contributed by atoms with Crippen LogP contribution in [0.25, 0.3) is 0 Å². The van der Waals surface area contributed by atoms with Crippen molar-refractivity contribution in [3.8, 4) is 0 Å². The van der Waals surface area contributed by atoms with Crippen LogP contribution in [0.2, 0.25) is 0 Å². The van der Waals surface area contributed by atoms with E-state index < -0.39 is 5.60 Å². The lowest BCUT2D eigenvalue weighted by Gasteiger charge is -2.41. The predicted octanol–water partition coefficient (Wildman–Crippen LogP) is 1.74. The van der Waals surface area contributed by atoms with Gasteiger partial charge in [-0.1, -0.05) is 29.8 Å². The third-order valence-electron chi connectivity index (χ3n) is 4.37. The van der Waals surface area contributed by atoms with Crippen molar-refractivity contribution in [3.05, 3.63) is 53.2 Å². The summed E-state index contributed by atoms with van der Waals surface area (Å²) in [5.41, 5.74) is 2.01. The van der Waals surface area contributed by atoms with Crippen LogP contribution in [0.4, 0.5) is 0 Å². The van der Waals surface area contributed by atoms with Gasteiger partial charge in [-0.3, -0.25) is 4.79 Å². The van der Waals surface area contributed by atoms with Gasteiger partial charge < -0.3 is 19.2 Å². The van der Waals surface area contributed by atoms with Crippen LogP contribution in [0.5, 0.6) is 0 Å². The normalized spacial score (nSPS) is 21.0. The van der Waals surface area contributed by atoms with Gasteiger partial charge in [0.15, 0.2) is 6.39 Å². The molecule has 6 nitrogen and oxygen atoms in total. The molecule has 0 aliphatic carbocycles. The fourth-order valence-corrected chi connectivity index (χ4v) is 3.12. The molecular formula is C18H22N2O4. The van der Waals surface area contributed by atoms with Crippen molar-refractivity contribution in [1.82, 2.24) is 9.88 Å². The molecule has 1 saturated heterocycles. The van der Waals surface area contributed by atoms with Gasteiger partial charge in [-0.05, 0) is 19.4 Å². The Bertz CT molecular complexity index is 727. The summed E-state index contributed by atoms with van der Waals surface area (Å²) in [5, 5.41) is 9.96. The summed E-state index contributed by atoms with van der Waals surface area (Å²) in [7, 11) is 0. The third kappa shape index (κ3) is 3.34.